The zero-order valence-corrected chi connectivity index (χ0v) is 12.7. The zero-order chi connectivity index (χ0) is 15.2. The minimum atomic E-state index is 0.632. The molecule has 0 fully saturated rings. The molecule has 5 nitrogen and oxygen atoms in total. The van der Waals surface area contributed by atoms with Gasteiger partial charge in [0.25, 0.3) is 0 Å². The molecule has 0 unspecified atom stereocenters. The fraction of sp³-hybridized carbons (Fsp3) is 0.312. The van der Waals surface area contributed by atoms with Crippen molar-refractivity contribution in [3.8, 4) is 11.5 Å². The lowest BCUT2D eigenvalue weighted by atomic mass is 10.2. The highest BCUT2D eigenvalue weighted by Gasteiger charge is 2.14. The largest absolute Gasteiger partial charge is 0.493 e. The molecule has 0 atom stereocenters. The van der Waals surface area contributed by atoms with Crippen LogP contribution >= 0.6 is 0 Å². The number of pyridine rings is 1. The topological polar surface area (TPSA) is 60.6 Å². The summed E-state index contributed by atoms with van der Waals surface area (Å²) in [7, 11) is 3.22. The fourth-order valence-corrected chi connectivity index (χ4v) is 2.21. The summed E-state index contributed by atoms with van der Waals surface area (Å²) >= 11 is 0. The fourth-order valence-electron chi connectivity index (χ4n) is 2.21. The van der Waals surface area contributed by atoms with Gasteiger partial charge in [-0.2, -0.15) is 0 Å². The van der Waals surface area contributed by atoms with Gasteiger partial charge in [0.1, 0.15) is 0 Å². The average molecular weight is 287 g/mol. The van der Waals surface area contributed by atoms with Gasteiger partial charge in [-0.05, 0) is 19.1 Å². The minimum Gasteiger partial charge on any atom is -0.493 e. The van der Waals surface area contributed by atoms with E-state index in [9.17, 15) is 0 Å². The number of methoxy groups -OCH3 is 2. The lowest BCUT2D eigenvalue weighted by Crippen LogP contribution is -2.23. The SMILES string of the molecule is CCN(Cc1ccccn1)c1cc(OC)c(OC)cc1N. The molecule has 0 aliphatic carbocycles. The third kappa shape index (κ3) is 3.37. The van der Waals surface area contributed by atoms with Gasteiger partial charge in [0.05, 0.1) is 37.8 Å². The van der Waals surface area contributed by atoms with Crippen molar-refractivity contribution in [2.24, 2.45) is 0 Å². The lowest BCUT2D eigenvalue weighted by Gasteiger charge is -2.25. The number of benzene rings is 1. The Balaban J connectivity index is 2.33. The molecule has 0 saturated carbocycles. The van der Waals surface area contributed by atoms with E-state index < -0.39 is 0 Å². The molecular formula is C16H21N3O2. The molecule has 2 N–H and O–H groups in total. The predicted molar refractivity (Wildman–Crippen MR) is 84.9 cm³/mol. The second-order valence-electron chi connectivity index (χ2n) is 4.60. The number of ether oxygens (including phenoxy) is 2. The quantitative estimate of drug-likeness (QED) is 0.828. The summed E-state index contributed by atoms with van der Waals surface area (Å²) < 4.78 is 10.6. The third-order valence-electron chi connectivity index (χ3n) is 3.33. The molecule has 2 aromatic rings. The Bertz CT molecular complexity index is 588. The van der Waals surface area contributed by atoms with Crippen molar-refractivity contribution in [3.63, 3.8) is 0 Å². The summed E-state index contributed by atoms with van der Waals surface area (Å²) in [6.07, 6.45) is 1.79. The zero-order valence-electron chi connectivity index (χ0n) is 12.7. The van der Waals surface area contributed by atoms with Crippen LogP contribution in [0.4, 0.5) is 11.4 Å². The van der Waals surface area contributed by atoms with Crippen molar-refractivity contribution in [1.82, 2.24) is 4.98 Å². The first-order valence-corrected chi connectivity index (χ1v) is 6.86. The maximum atomic E-state index is 6.15. The Hall–Kier alpha value is -2.43. The van der Waals surface area contributed by atoms with Gasteiger partial charge in [0, 0.05) is 24.9 Å². The lowest BCUT2D eigenvalue weighted by molar-refractivity contribution is 0.355. The Kier molecular flexibility index (Phi) is 4.87. The van der Waals surface area contributed by atoms with Crippen LogP contribution in [0.25, 0.3) is 0 Å². The van der Waals surface area contributed by atoms with E-state index in [2.05, 4.69) is 16.8 Å². The molecule has 0 amide bonds. The van der Waals surface area contributed by atoms with Crippen molar-refractivity contribution in [2.75, 3.05) is 31.4 Å². The molecule has 5 heteroatoms. The van der Waals surface area contributed by atoms with Gasteiger partial charge >= 0.3 is 0 Å². The van der Waals surface area contributed by atoms with Crippen molar-refractivity contribution >= 4 is 11.4 Å². The van der Waals surface area contributed by atoms with Crippen molar-refractivity contribution in [1.29, 1.82) is 0 Å². The van der Waals surface area contributed by atoms with E-state index in [0.29, 0.717) is 23.7 Å². The summed E-state index contributed by atoms with van der Waals surface area (Å²) in [6, 6.07) is 9.58. The molecule has 112 valence electrons. The molecule has 0 aliphatic heterocycles. The van der Waals surface area contributed by atoms with E-state index in [1.807, 2.05) is 24.3 Å². The van der Waals surface area contributed by atoms with Crippen LogP contribution in [0.15, 0.2) is 36.5 Å². The number of nitrogen functional groups attached to an aromatic ring is 1. The summed E-state index contributed by atoms with van der Waals surface area (Å²) in [5.41, 5.74) is 8.72. The number of rotatable bonds is 6. The minimum absolute atomic E-state index is 0.632. The number of nitrogens with two attached hydrogens (primary N) is 1. The van der Waals surface area contributed by atoms with Gasteiger partial charge in [0.2, 0.25) is 0 Å². The van der Waals surface area contributed by atoms with Crippen LogP contribution in [0.5, 0.6) is 11.5 Å². The monoisotopic (exact) mass is 287 g/mol. The second kappa shape index (κ2) is 6.83. The average Bonchev–Trinajstić information content (AvgIpc) is 2.53. The number of hydrogen-bond donors (Lipinski definition) is 1. The Morgan fingerprint density at radius 3 is 2.43 bits per heavy atom. The van der Waals surface area contributed by atoms with E-state index in [0.717, 1.165) is 17.9 Å². The first-order valence-electron chi connectivity index (χ1n) is 6.86. The predicted octanol–water partition coefficient (Wildman–Crippen LogP) is 2.71. The molecule has 1 aromatic heterocycles. The van der Waals surface area contributed by atoms with Gasteiger partial charge in [-0.25, -0.2) is 0 Å². The Morgan fingerprint density at radius 2 is 1.86 bits per heavy atom. The van der Waals surface area contributed by atoms with Crippen molar-refractivity contribution in [3.05, 3.63) is 42.2 Å². The van der Waals surface area contributed by atoms with Crippen molar-refractivity contribution < 1.29 is 9.47 Å². The summed E-state index contributed by atoms with van der Waals surface area (Å²) in [5, 5.41) is 0. The highest BCUT2D eigenvalue weighted by molar-refractivity contribution is 5.73. The van der Waals surface area contributed by atoms with Gasteiger partial charge < -0.3 is 20.1 Å². The van der Waals surface area contributed by atoms with E-state index in [-0.39, 0.29) is 0 Å². The summed E-state index contributed by atoms with van der Waals surface area (Å²) in [4.78, 5) is 6.51. The smallest absolute Gasteiger partial charge is 0.162 e. The van der Waals surface area contributed by atoms with Crippen LogP contribution in [0.1, 0.15) is 12.6 Å². The van der Waals surface area contributed by atoms with Crippen LogP contribution in [-0.2, 0) is 6.54 Å². The molecule has 2 rings (SSSR count). The molecule has 0 spiro atoms. The highest BCUT2D eigenvalue weighted by atomic mass is 16.5. The molecule has 0 aliphatic rings. The molecule has 1 heterocycles. The molecule has 0 radical (unpaired) electrons. The van der Waals surface area contributed by atoms with Gasteiger partial charge in [-0.15, -0.1) is 0 Å². The normalized spacial score (nSPS) is 10.2. The maximum Gasteiger partial charge on any atom is 0.162 e. The van der Waals surface area contributed by atoms with Crippen LogP contribution in [0, 0.1) is 0 Å². The Labute approximate surface area is 125 Å². The number of anilines is 2. The van der Waals surface area contributed by atoms with E-state index in [1.54, 1.807) is 26.5 Å². The maximum absolute atomic E-state index is 6.15. The van der Waals surface area contributed by atoms with Crippen LogP contribution in [0.3, 0.4) is 0 Å². The summed E-state index contributed by atoms with van der Waals surface area (Å²) in [6.45, 7) is 3.59. The number of nitrogens with zero attached hydrogens (tertiary/aromatic N) is 2. The van der Waals surface area contributed by atoms with E-state index in [1.165, 1.54) is 0 Å². The van der Waals surface area contributed by atoms with Crippen molar-refractivity contribution in [2.45, 2.75) is 13.5 Å². The first-order chi connectivity index (χ1) is 10.2. The molecule has 0 bridgehead atoms. The second-order valence-corrected chi connectivity index (χ2v) is 4.60. The van der Waals surface area contributed by atoms with Gasteiger partial charge in [0.15, 0.2) is 11.5 Å². The first kappa shape index (κ1) is 15.0. The van der Waals surface area contributed by atoms with Gasteiger partial charge in [-0.1, -0.05) is 6.07 Å². The molecule has 21 heavy (non-hydrogen) atoms. The standard InChI is InChI=1S/C16H21N3O2/c1-4-19(11-12-7-5-6-8-18-12)14-10-16(21-3)15(20-2)9-13(14)17/h5-10H,4,11,17H2,1-3H3. The number of aromatic nitrogens is 1. The van der Waals surface area contributed by atoms with Crippen LogP contribution in [0.2, 0.25) is 0 Å². The van der Waals surface area contributed by atoms with Crippen LogP contribution in [-0.4, -0.2) is 25.7 Å². The molecular weight excluding hydrogens is 266 g/mol. The molecule has 1 aromatic carbocycles. The summed E-state index contributed by atoms with van der Waals surface area (Å²) in [5.74, 6) is 1.30. The van der Waals surface area contributed by atoms with E-state index in [4.69, 9.17) is 15.2 Å². The highest BCUT2D eigenvalue weighted by Crippen LogP contribution is 2.37. The third-order valence-corrected chi connectivity index (χ3v) is 3.33. The van der Waals surface area contributed by atoms with E-state index >= 15 is 0 Å². The number of hydrogen-bond acceptors (Lipinski definition) is 5. The Morgan fingerprint density at radius 1 is 1.14 bits per heavy atom. The van der Waals surface area contributed by atoms with Crippen LogP contribution < -0.4 is 20.1 Å². The van der Waals surface area contributed by atoms with Gasteiger partial charge in [-0.3, -0.25) is 4.98 Å². The molecule has 0 saturated heterocycles.